The fraction of sp³-hybridized carbons (Fsp3) is 0.568. The van der Waals surface area contributed by atoms with E-state index in [9.17, 15) is 34.8 Å². The van der Waals surface area contributed by atoms with E-state index < -0.39 is 82.8 Å². The number of carbonyl (C=O) groups is 3. The van der Waals surface area contributed by atoms with Crippen LogP contribution in [0, 0.1) is 30.6 Å². The Morgan fingerprint density at radius 2 is 1.64 bits per heavy atom. The van der Waals surface area contributed by atoms with Crippen molar-refractivity contribution in [3.05, 3.63) is 58.0 Å². The molecule has 9 atom stereocenters. The predicted octanol–water partition coefficient (Wildman–Crippen LogP) is 3.77. The van der Waals surface area contributed by atoms with Gasteiger partial charge in [-0.05, 0) is 39.8 Å². The zero-order valence-corrected chi connectivity index (χ0v) is 35.5. The van der Waals surface area contributed by atoms with Crippen LogP contribution in [0.5, 0.6) is 17.2 Å². The minimum absolute atomic E-state index is 0.0371. The molecule has 1 fully saturated rings. The van der Waals surface area contributed by atoms with Gasteiger partial charge < -0.3 is 49.6 Å². The fourth-order valence-electron chi connectivity index (χ4n) is 8.77. The number of amides is 1. The molecule has 320 valence electrons. The zero-order valence-electron chi connectivity index (χ0n) is 35.5. The van der Waals surface area contributed by atoms with Crippen molar-refractivity contribution in [2.75, 3.05) is 39.1 Å². The number of carbonyl (C=O) groups excluding carboxylic acids is 3. The molecule has 0 radical (unpaired) electrons. The highest BCUT2D eigenvalue weighted by Gasteiger charge is 2.50. The summed E-state index contributed by atoms with van der Waals surface area (Å²) in [6.07, 6.45) is 5.28. The number of aliphatic hydroxyl groups is 2. The van der Waals surface area contributed by atoms with Gasteiger partial charge >= 0.3 is 11.8 Å². The zero-order chi connectivity index (χ0) is 43.3. The summed E-state index contributed by atoms with van der Waals surface area (Å²) in [5.41, 5.74) is -0.254. The Morgan fingerprint density at radius 3 is 2.29 bits per heavy atom. The number of ketones is 1. The van der Waals surface area contributed by atoms with Crippen LogP contribution in [0.3, 0.4) is 0 Å². The van der Waals surface area contributed by atoms with Gasteiger partial charge in [-0.2, -0.15) is 0 Å². The smallest absolute Gasteiger partial charge is 0.312 e. The number of benzene rings is 2. The van der Waals surface area contributed by atoms with Crippen LogP contribution in [0.2, 0.25) is 0 Å². The summed E-state index contributed by atoms with van der Waals surface area (Å²) in [5, 5.41) is 50.0. The molecule has 1 spiro atoms. The number of hydrogen-bond donors (Lipinski definition) is 5. The number of Topliss-reactive ketones (excluding diaryl/α,β-unsaturated/α-hetero) is 1. The Hall–Kier alpha value is -4.83. The molecule has 4 aliphatic rings. The Kier molecular flexibility index (Phi) is 12.4. The van der Waals surface area contributed by atoms with Crippen molar-refractivity contribution >= 4 is 34.1 Å². The van der Waals surface area contributed by atoms with E-state index in [2.05, 4.69) is 10.2 Å². The number of hydrogen-bond acceptors (Lipinski definition) is 14. The minimum Gasteiger partial charge on any atom is -0.507 e. The predicted molar refractivity (Wildman–Crippen MR) is 219 cm³/mol. The molecule has 4 bridgehead atoms. The molecule has 0 aliphatic carbocycles. The van der Waals surface area contributed by atoms with Gasteiger partial charge in [-0.1, -0.05) is 45.9 Å². The van der Waals surface area contributed by atoms with E-state index >= 15 is 0 Å². The van der Waals surface area contributed by atoms with Crippen LogP contribution in [0.1, 0.15) is 77.2 Å². The van der Waals surface area contributed by atoms with E-state index in [1.165, 1.54) is 27.2 Å². The van der Waals surface area contributed by atoms with Crippen LogP contribution in [0.4, 0.5) is 5.69 Å². The number of aliphatic hydroxyl groups excluding tert-OH is 2. The van der Waals surface area contributed by atoms with Crippen LogP contribution in [0.25, 0.3) is 10.8 Å². The van der Waals surface area contributed by atoms with Crippen molar-refractivity contribution < 1.29 is 53.8 Å². The molecule has 2 aromatic carbocycles. The number of fused-ring (bicyclic) bond motifs is 1. The number of rotatable bonds is 2. The third kappa shape index (κ3) is 7.97. The molecule has 4 aliphatic heterocycles. The van der Waals surface area contributed by atoms with Gasteiger partial charge in [0.2, 0.25) is 0 Å². The first-order chi connectivity index (χ1) is 27.8. The molecule has 59 heavy (non-hydrogen) atoms. The number of methoxy groups -OCH3 is 1. The minimum atomic E-state index is -1.96. The summed E-state index contributed by atoms with van der Waals surface area (Å²) < 4.78 is 24.0. The molecule has 4 heterocycles. The lowest BCUT2D eigenvalue weighted by molar-refractivity contribution is -0.160. The number of likely N-dealkylation sites (tertiary alicyclic amines) is 1. The summed E-state index contributed by atoms with van der Waals surface area (Å²) in [7, 11) is 3.50. The lowest BCUT2D eigenvalue weighted by Crippen LogP contribution is -2.50. The molecule has 0 saturated carbocycles. The van der Waals surface area contributed by atoms with Gasteiger partial charge in [0.25, 0.3) is 11.7 Å². The van der Waals surface area contributed by atoms with Crippen molar-refractivity contribution in [3.8, 4) is 17.2 Å². The quantitative estimate of drug-likeness (QED) is 0.217. The van der Waals surface area contributed by atoms with Crippen LogP contribution >= 0.6 is 0 Å². The topological polar surface area (TPSA) is 209 Å². The average molecular weight is 819 g/mol. The number of nitrogens with one attached hydrogen (secondary N) is 1. The Bertz CT molecular complexity index is 2240. The molecule has 15 nitrogen and oxygen atoms in total. The largest absolute Gasteiger partial charge is 0.507 e. The summed E-state index contributed by atoms with van der Waals surface area (Å²) in [6, 6.07) is 0. The number of phenolic OH excluding ortho intramolecular Hbond substituents is 2. The van der Waals surface area contributed by atoms with E-state index in [1.807, 2.05) is 7.05 Å². The molecule has 5 N–H and O–H groups in total. The molecule has 2 aromatic rings. The monoisotopic (exact) mass is 818 g/mol. The molecule has 15 heteroatoms. The molecule has 1 saturated heterocycles. The van der Waals surface area contributed by atoms with Crippen molar-refractivity contribution in [1.82, 2.24) is 4.90 Å². The number of esters is 1. The Morgan fingerprint density at radius 1 is 0.966 bits per heavy atom. The number of allylic oxidation sites excluding steroid dienone is 2. The SMILES string of the molecule is CO[C@H]1/C=C/O[C@@]2(C)Oc3c(C)c(O)c4c(O)c(c5c(c4c3C2=O)=NC2(CCN(C)CC2)CN=5)NC(=O)/C(C)=C\C=C\[C@H](C)[C@H](O)[C@@H](C)[C@@H](O)[C@@H](C)[C@H](OC(C)=O)C1C. The van der Waals surface area contributed by atoms with Gasteiger partial charge in [0.05, 0.1) is 53.0 Å². The van der Waals surface area contributed by atoms with E-state index in [4.69, 9.17) is 28.9 Å². The third-order valence-corrected chi connectivity index (χ3v) is 12.8. The first-order valence-corrected chi connectivity index (χ1v) is 20.2. The van der Waals surface area contributed by atoms with Crippen molar-refractivity contribution in [3.63, 3.8) is 0 Å². The highest BCUT2D eigenvalue weighted by atomic mass is 16.7. The van der Waals surface area contributed by atoms with Crippen LogP contribution in [-0.4, -0.2) is 113 Å². The number of aromatic hydroxyl groups is 2. The maximum Gasteiger partial charge on any atom is 0.312 e. The summed E-state index contributed by atoms with van der Waals surface area (Å²) in [5.74, 6) is -6.90. The molecule has 1 unspecified atom stereocenters. The Labute approximate surface area is 344 Å². The maximum atomic E-state index is 14.7. The number of anilines is 1. The van der Waals surface area contributed by atoms with E-state index in [0.717, 1.165) is 13.1 Å². The van der Waals surface area contributed by atoms with Gasteiger partial charge in [0, 0.05) is 74.2 Å². The Balaban J connectivity index is 1.56. The second-order valence-corrected chi connectivity index (χ2v) is 17.0. The van der Waals surface area contributed by atoms with E-state index in [0.29, 0.717) is 12.8 Å². The summed E-state index contributed by atoms with van der Waals surface area (Å²) in [6.45, 7) is 14.7. The fourth-order valence-corrected chi connectivity index (χ4v) is 8.77. The normalized spacial score (nSPS) is 33.5. The number of piperidine rings is 1. The van der Waals surface area contributed by atoms with Gasteiger partial charge in [0.15, 0.2) is 5.75 Å². The van der Waals surface area contributed by atoms with E-state index in [-0.39, 0.29) is 61.9 Å². The van der Waals surface area contributed by atoms with Crippen molar-refractivity contribution in [2.45, 2.75) is 104 Å². The van der Waals surface area contributed by atoms with Crippen LogP contribution in [-0.2, 0) is 23.8 Å². The number of nitrogens with zero attached hydrogens (tertiary/aromatic N) is 3. The maximum absolute atomic E-state index is 14.7. The second kappa shape index (κ2) is 16.7. The molecule has 6 rings (SSSR count). The summed E-state index contributed by atoms with van der Waals surface area (Å²) in [4.78, 5) is 53.3. The van der Waals surface area contributed by atoms with Gasteiger partial charge in [-0.3, -0.25) is 24.4 Å². The first-order valence-electron chi connectivity index (χ1n) is 20.2. The lowest BCUT2D eigenvalue weighted by Gasteiger charge is -2.38. The van der Waals surface area contributed by atoms with Crippen molar-refractivity contribution in [1.29, 1.82) is 0 Å². The molecular formula is C44H58N4O11. The average Bonchev–Trinajstić information content (AvgIpc) is 3.47. The molecule has 0 aromatic heterocycles. The third-order valence-electron chi connectivity index (χ3n) is 12.8. The van der Waals surface area contributed by atoms with Crippen molar-refractivity contribution in [2.24, 2.45) is 33.7 Å². The molecule has 1 amide bonds. The van der Waals surface area contributed by atoms with Crippen LogP contribution in [0.15, 0.2) is 46.1 Å². The number of ether oxygens (including phenoxy) is 4. The van der Waals surface area contributed by atoms with Crippen LogP contribution < -0.4 is 20.8 Å². The first kappa shape index (κ1) is 43.7. The van der Waals surface area contributed by atoms with Gasteiger partial charge in [-0.25, -0.2) is 0 Å². The molecular weight excluding hydrogens is 761 g/mol. The highest BCUT2D eigenvalue weighted by Crippen LogP contribution is 2.49. The number of phenols is 2. The van der Waals surface area contributed by atoms with Gasteiger partial charge in [0.1, 0.15) is 28.6 Å². The van der Waals surface area contributed by atoms with Gasteiger partial charge in [-0.15, -0.1) is 0 Å². The van der Waals surface area contributed by atoms with E-state index in [1.54, 1.807) is 65.8 Å². The highest BCUT2D eigenvalue weighted by molar-refractivity contribution is 6.19. The standard InChI is InChI=1S/C44H58N4O11/c1-21-12-11-13-22(2)42(55)46-34-33-32(47-44(20-45-33)15-17-48(9)18-16-44)29-30(38(34)53)37(52)26(6)40-31(29)41(54)43(8,59-40)57-19-14-28(56-10)23(3)39(58-27(7)49)25(5)36(51)24(4)35(21)50/h11-14,19,21,23-25,28,35-36,39,50-53H,15-18,20H2,1-10H3,(H,46,55)/b12-11+,19-14+,22-13-/t21-,23?,24+,25+,28-,35-,36+,39+,43-/m0/s1. The second-order valence-electron chi connectivity index (χ2n) is 17.0. The summed E-state index contributed by atoms with van der Waals surface area (Å²) >= 11 is 0. The lowest BCUT2D eigenvalue weighted by atomic mass is 9.78.